The van der Waals surface area contributed by atoms with E-state index in [4.69, 9.17) is 10.5 Å². The minimum Gasteiger partial charge on any atom is -0.455 e. The van der Waals surface area contributed by atoms with E-state index in [1.165, 1.54) is 18.2 Å². The summed E-state index contributed by atoms with van der Waals surface area (Å²) in [5, 5.41) is 0. The molecule has 0 spiro atoms. The van der Waals surface area contributed by atoms with Crippen molar-refractivity contribution in [2.75, 3.05) is 51.0 Å². The van der Waals surface area contributed by atoms with E-state index in [9.17, 15) is 18.0 Å². The van der Waals surface area contributed by atoms with Crippen LogP contribution in [0, 0.1) is 0 Å². The van der Waals surface area contributed by atoms with Gasteiger partial charge in [-0.1, -0.05) is 30.3 Å². The van der Waals surface area contributed by atoms with Crippen molar-refractivity contribution in [2.24, 2.45) is 5.73 Å². The van der Waals surface area contributed by atoms with Gasteiger partial charge in [0, 0.05) is 37.8 Å². The molecule has 3 aromatic rings. The summed E-state index contributed by atoms with van der Waals surface area (Å²) >= 11 is 0. The molecule has 2 heterocycles. The standard InChI is InChI=1S/C31H37N5O5S/c1-34-15-13-25(14-16-34)35-17-19-36(20-18-35)30(37)22-24-21-23(31(32)38)11-12-29(24)42(39,40)33-27-9-5-6-10-28(27)41-26-7-3-2-4-8-26/h2-12,21,25,33H,13-20,22H2,1H3,(H2,32,38). The first kappa shape index (κ1) is 29.6. The molecule has 0 aliphatic carbocycles. The van der Waals surface area contributed by atoms with Gasteiger partial charge in [-0.15, -0.1) is 0 Å². The maximum absolute atomic E-state index is 13.7. The summed E-state index contributed by atoms with van der Waals surface area (Å²) in [6, 6.07) is 20.3. The second-order valence-corrected chi connectivity index (χ2v) is 12.5. The zero-order valence-electron chi connectivity index (χ0n) is 23.7. The summed E-state index contributed by atoms with van der Waals surface area (Å²) in [5.74, 6) is -0.0174. The van der Waals surface area contributed by atoms with Crippen LogP contribution in [0.2, 0.25) is 0 Å². The van der Waals surface area contributed by atoms with Crippen LogP contribution < -0.4 is 15.2 Å². The Kier molecular flexibility index (Phi) is 9.10. The predicted octanol–water partition coefficient (Wildman–Crippen LogP) is 3.16. The van der Waals surface area contributed by atoms with Crippen molar-refractivity contribution >= 4 is 27.5 Å². The number of likely N-dealkylation sites (tertiary alicyclic amines) is 1. The quantitative estimate of drug-likeness (QED) is 0.392. The number of benzene rings is 3. The van der Waals surface area contributed by atoms with E-state index in [0.29, 0.717) is 30.6 Å². The van der Waals surface area contributed by atoms with Crippen LogP contribution in [0.3, 0.4) is 0 Å². The molecule has 2 amide bonds. The van der Waals surface area contributed by atoms with Crippen LogP contribution in [0.15, 0.2) is 77.7 Å². The van der Waals surface area contributed by atoms with Crippen LogP contribution in [-0.4, -0.2) is 87.3 Å². The maximum atomic E-state index is 13.7. The Morgan fingerprint density at radius 1 is 0.905 bits per heavy atom. The van der Waals surface area contributed by atoms with Gasteiger partial charge in [0.2, 0.25) is 11.8 Å². The van der Waals surface area contributed by atoms with Crippen LogP contribution in [0.5, 0.6) is 11.5 Å². The second-order valence-electron chi connectivity index (χ2n) is 10.8. The molecule has 3 aromatic carbocycles. The number of rotatable bonds is 9. The number of piperazine rings is 1. The van der Waals surface area contributed by atoms with Crippen molar-refractivity contribution in [3.63, 3.8) is 0 Å². The monoisotopic (exact) mass is 591 g/mol. The Hall–Kier alpha value is -3.93. The number of para-hydroxylation sites is 3. The lowest BCUT2D eigenvalue weighted by Gasteiger charge is -2.42. The lowest BCUT2D eigenvalue weighted by Crippen LogP contribution is -2.54. The van der Waals surface area contributed by atoms with Crippen LogP contribution in [0.25, 0.3) is 0 Å². The number of piperidine rings is 1. The molecule has 2 fully saturated rings. The zero-order valence-corrected chi connectivity index (χ0v) is 24.6. The first-order valence-electron chi connectivity index (χ1n) is 14.2. The molecule has 0 radical (unpaired) electrons. The van der Waals surface area contributed by atoms with Crippen LogP contribution in [0.1, 0.15) is 28.8 Å². The summed E-state index contributed by atoms with van der Waals surface area (Å²) < 4.78 is 35.9. The fraction of sp³-hybridized carbons (Fsp3) is 0.355. The van der Waals surface area contributed by atoms with Crippen molar-refractivity contribution in [1.82, 2.24) is 14.7 Å². The van der Waals surface area contributed by atoms with Gasteiger partial charge in [-0.2, -0.15) is 0 Å². The maximum Gasteiger partial charge on any atom is 0.262 e. The fourth-order valence-corrected chi connectivity index (χ4v) is 6.85. The number of sulfonamides is 1. The number of hydrogen-bond donors (Lipinski definition) is 2. The highest BCUT2D eigenvalue weighted by atomic mass is 32.2. The van der Waals surface area contributed by atoms with Gasteiger partial charge >= 0.3 is 0 Å². The van der Waals surface area contributed by atoms with E-state index in [-0.39, 0.29) is 34.0 Å². The molecule has 0 saturated carbocycles. The van der Waals surface area contributed by atoms with Crippen molar-refractivity contribution in [2.45, 2.75) is 30.2 Å². The number of hydrogen-bond acceptors (Lipinski definition) is 7. The van der Waals surface area contributed by atoms with Crippen molar-refractivity contribution in [1.29, 1.82) is 0 Å². The number of primary amides is 1. The van der Waals surface area contributed by atoms with Crippen LogP contribution in [-0.2, 0) is 21.2 Å². The van der Waals surface area contributed by atoms with Gasteiger partial charge in [-0.05, 0) is 81.0 Å². The molecular formula is C31H37N5O5S. The fourth-order valence-electron chi connectivity index (χ4n) is 5.56. The molecule has 0 unspecified atom stereocenters. The van der Waals surface area contributed by atoms with E-state index in [1.807, 2.05) is 18.2 Å². The number of anilines is 1. The molecule has 2 aliphatic heterocycles. The highest BCUT2D eigenvalue weighted by Gasteiger charge is 2.29. The first-order chi connectivity index (χ1) is 20.2. The average molecular weight is 592 g/mol. The highest BCUT2D eigenvalue weighted by Crippen LogP contribution is 2.32. The molecule has 0 atom stereocenters. The van der Waals surface area contributed by atoms with Gasteiger partial charge in [0.25, 0.3) is 10.0 Å². The smallest absolute Gasteiger partial charge is 0.262 e. The topological polar surface area (TPSA) is 125 Å². The molecule has 0 aromatic heterocycles. The Morgan fingerprint density at radius 2 is 1.57 bits per heavy atom. The first-order valence-corrected chi connectivity index (χ1v) is 15.7. The zero-order chi connectivity index (χ0) is 29.7. The lowest BCUT2D eigenvalue weighted by molar-refractivity contribution is -0.132. The summed E-state index contributed by atoms with van der Waals surface area (Å²) in [4.78, 5) is 31.8. The van der Waals surface area contributed by atoms with Gasteiger partial charge in [0.05, 0.1) is 17.0 Å². The van der Waals surface area contributed by atoms with Gasteiger partial charge < -0.3 is 20.3 Å². The second kappa shape index (κ2) is 12.9. The van der Waals surface area contributed by atoms with E-state index < -0.39 is 15.9 Å². The number of ether oxygens (including phenoxy) is 1. The number of carbonyl (C=O) groups is 2. The number of nitrogens with one attached hydrogen (secondary N) is 1. The van der Waals surface area contributed by atoms with Gasteiger partial charge in [-0.3, -0.25) is 19.2 Å². The van der Waals surface area contributed by atoms with E-state index in [1.54, 1.807) is 41.3 Å². The molecule has 10 nitrogen and oxygen atoms in total. The van der Waals surface area contributed by atoms with Crippen LogP contribution >= 0.6 is 0 Å². The van der Waals surface area contributed by atoms with Crippen molar-refractivity contribution in [3.8, 4) is 11.5 Å². The van der Waals surface area contributed by atoms with Crippen LogP contribution in [0.4, 0.5) is 5.69 Å². The van der Waals surface area contributed by atoms with Gasteiger partial charge in [0.15, 0.2) is 5.75 Å². The highest BCUT2D eigenvalue weighted by molar-refractivity contribution is 7.92. The Labute approximate surface area is 247 Å². The summed E-state index contributed by atoms with van der Waals surface area (Å²) in [6.45, 7) is 4.87. The minimum atomic E-state index is -4.17. The van der Waals surface area contributed by atoms with E-state index in [2.05, 4.69) is 21.6 Å². The summed E-state index contributed by atoms with van der Waals surface area (Å²) in [5.41, 5.74) is 6.09. The van der Waals surface area contributed by atoms with Crippen molar-refractivity contribution in [3.05, 3.63) is 83.9 Å². The molecule has 2 saturated heterocycles. The molecule has 42 heavy (non-hydrogen) atoms. The Morgan fingerprint density at radius 3 is 2.26 bits per heavy atom. The molecule has 11 heteroatoms. The molecule has 2 aliphatic rings. The van der Waals surface area contributed by atoms with Gasteiger partial charge in [0.1, 0.15) is 5.75 Å². The summed E-state index contributed by atoms with van der Waals surface area (Å²) in [7, 11) is -2.03. The molecule has 222 valence electrons. The van der Waals surface area contributed by atoms with E-state index in [0.717, 1.165) is 39.0 Å². The number of nitrogens with two attached hydrogens (primary N) is 1. The lowest BCUT2D eigenvalue weighted by atomic mass is 10.0. The normalized spacial score (nSPS) is 17.1. The number of carbonyl (C=O) groups excluding carboxylic acids is 2. The average Bonchev–Trinajstić information content (AvgIpc) is 2.99. The van der Waals surface area contributed by atoms with Gasteiger partial charge in [-0.25, -0.2) is 8.42 Å². The molecule has 5 rings (SSSR count). The SMILES string of the molecule is CN1CCC(N2CCN(C(=O)Cc3cc(C(N)=O)ccc3S(=O)(=O)Nc3ccccc3Oc3ccccc3)CC2)CC1. The third kappa shape index (κ3) is 7.10. The predicted molar refractivity (Wildman–Crippen MR) is 161 cm³/mol. The van der Waals surface area contributed by atoms with E-state index >= 15 is 0 Å². The third-order valence-electron chi connectivity index (χ3n) is 7.95. The largest absolute Gasteiger partial charge is 0.455 e. The molecule has 0 bridgehead atoms. The summed E-state index contributed by atoms with van der Waals surface area (Å²) in [6.07, 6.45) is 2.07. The molecular weight excluding hydrogens is 554 g/mol. The number of nitrogens with zero attached hydrogens (tertiary/aromatic N) is 3. The molecule has 3 N–H and O–H groups in total. The third-order valence-corrected chi connectivity index (χ3v) is 9.42. The Bertz CT molecular complexity index is 1520. The number of amides is 2. The van der Waals surface area contributed by atoms with Crippen molar-refractivity contribution < 1.29 is 22.7 Å². The minimum absolute atomic E-state index is 0.0969. The Balaban J connectivity index is 1.32.